The number of nitrogens with zero attached hydrogens (tertiary/aromatic N) is 2. The van der Waals surface area contributed by atoms with Gasteiger partial charge in [-0.25, -0.2) is 4.98 Å². The molecule has 1 aromatic heterocycles. The molecule has 1 saturated carbocycles. The molecule has 0 atom stereocenters. The van der Waals surface area contributed by atoms with Gasteiger partial charge in [0.15, 0.2) is 10.3 Å². The molecule has 0 unspecified atom stereocenters. The van der Waals surface area contributed by atoms with Gasteiger partial charge in [0.2, 0.25) is 0 Å². The monoisotopic (exact) mass is 227 g/mol. The number of thiazole rings is 1. The fourth-order valence-electron chi connectivity index (χ4n) is 1.68. The first-order valence-electron chi connectivity index (χ1n) is 4.62. The van der Waals surface area contributed by atoms with Crippen LogP contribution in [-0.2, 0) is 0 Å². The molecule has 5 heteroatoms. The number of halogens is 1. The Morgan fingerprint density at radius 3 is 2.79 bits per heavy atom. The molecule has 2 rings (SSSR count). The van der Waals surface area contributed by atoms with E-state index in [-0.39, 0.29) is 0 Å². The number of nitriles is 1. The van der Waals surface area contributed by atoms with Gasteiger partial charge in [0.1, 0.15) is 10.9 Å². The summed E-state index contributed by atoms with van der Waals surface area (Å²) in [6.45, 7) is 0. The van der Waals surface area contributed by atoms with Crippen molar-refractivity contribution in [3.05, 3.63) is 10.0 Å². The zero-order chi connectivity index (χ0) is 9.97. The van der Waals surface area contributed by atoms with Crippen LogP contribution in [0.2, 0.25) is 5.15 Å². The van der Waals surface area contributed by atoms with E-state index in [2.05, 4.69) is 10.3 Å². The van der Waals surface area contributed by atoms with Crippen molar-refractivity contribution in [1.29, 1.82) is 5.26 Å². The fraction of sp³-hybridized carbons (Fsp3) is 0.556. The lowest BCUT2D eigenvalue weighted by Crippen LogP contribution is -2.13. The van der Waals surface area contributed by atoms with E-state index in [0.717, 1.165) is 5.13 Å². The van der Waals surface area contributed by atoms with Crippen molar-refractivity contribution in [2.45, 2.75) is 31.7 Å². The summed E-state index contributed by atoms with van der Waals surface area (Å²) in [5.74, 6) is 0. The Bertz CT molecular complexity index is 363. The Balaban J connectivity index is 2.06. The van der Waals surface area contributed by atoms with Crippen molar-refractivity contribution in [2.75, 3.05) is 5.32 Å². The van der Waals surface area contributed by atoms with Gasteiger partial charge in [-0.15, -0.1) is 0 Å². The summed E-state index contributed by atoms with van der Waals surface area (Å²) < 4.78 is 0. The van der Waals surface area contributed by atoms with Crippen molar-refractivity contribution in [3.63, 3.8) is 0 Å². The third kappa shape index (κ3) is 1.99. The molecular formula is C9H10ClN3S. The maximum atomic E-state index is 8.70. The predicted molar refractivity (Wildman–Crippen MR) is 57.7 cm³/mol. The van der Waals surface area contributed by atoms with Crippen molar-refractivity contribution in [3.8, 4) is 6.07 Å². The summed E-state index contributed by atoms with van der Waals surface area (Å²) >= 11 is 7.10. The van der Waals surface area contributed by atoms with Crippen LogP contribution in [0.5, 0.6) is 0 Å². The molecule has 1 aliphatic carbocycles. The van der Waals surface area contributed by atoms with E-state index >= 15 is 0 Å². The van der Waals surface area contributed by atoms with Gasteiger partial charge in [-0.3, -0.25) is 0 Å². The zero-order valence-electron chi connectivity index (χ0n) is 7.59. The molecule has 0 radical (unpaired) electrons. The summed E-state index contributed by atoms with van der Waals surface area (Å²) in [6, 6.07) is 2.54. The summed E-state index contributed by atoms with van der Waals surface area (Å²) in [6.07, 6.45) is 4.95. The van der Waals surface area contributed by atoms with Crippen LogP contribution < -0.4 is 5.32 Å². The average molecular weight is 228 g/mol. The molecule has 1 aliphatic rings. The molecule has 1 aromatic rings. The van der Waals surface area contributed by atoms with E-state index in [1.54, 1.807) is 0 Å². The van der Waals surface area contributed by atoms with Crippen LogP contribution >= 0.6 is 22.9 Å². The highest BCUT2D eigenvalue weighted by Gasteiger charge is 2.17. The van der Waals surface area contributed by atoms with Gasteiger partial charge in [-0.1, -0.05) is 35.8 Å². The van der Waals surface area contributed by atoms with Crippen molar-refractivity contribution in [1.82, 2.24) is 4.98 Å². The molecule has 74 valence electrons. The normalized spacial score (nSPS) is 16.9. The summed E-state index contributed by atoms with van der Waals surface area (Å²) in [7, 11) is 0. The van der Waals surface area contributed by atoms with E-state index in [9.17, 15) is 0 Å². The number of rotatable bonds is 2. The average Bonchev–Trinajstić information content (AvgIpc) is 2.76. The second kappa shape index (κ2) is 4.16. The molecular weight excluding hydrogens is 218 g/mol. The first-order valence-corrected chi connectivity index (χ1v) is 5.82. The zero-order valence-corrected chi connectivity index (χ0v) is 9.16. The van der Waals surface area contributed by atoms with Gasteiger partial charge in [-0.2, -0.15) is 5.26 Å². The molecule has 0 saturated heterocycles. The number of hydrogen-bond acceptors (Lipinski definition) is 4. The van der Waals surface area contributed by atoms with E-state index in [4.69, 9.17) is 16.9 Å². The second-order valence-electron chi connectivity index (χ2n) is 3.38. The molecule has 0 aromatic carbocycles. The largest absolute Gasteiger partial charge is 0.359 e. The van der Waals surface area contributed by atoms with Crippen LogP contribution in [0.15, 0.2) is 0 Å². The minimum atomic E-state index is 0.318. The van der Waals surface area contributed by atoms with Crippen molar-refractivity contribution in [2.24, 2.45) is 0 Å². The van der Waals surface area contributed by atoms with E-state index in [0.29, 0.717) is 16.1 Å². The maximum absolute atomic E-state index is 8.70. The van der Waals surface area contributed by atoms with Gasteiger partial charge < -0.3 is 5.32 Å². The van der Waals surface area contributed by atoms with Gasteiger partial charge in [-0.05, 0) is 12.8 Å². The summed E-state index contributed by atoms with van der Waals surface area (Å²) in [4.78, 5) is 4.59. The molecule has 1 heterocycles. The van der Waals surface area contributed by atoms with Gasteiger partial charge in [0, 0.05) is 6.04 Å². The van der Waals surface area contributed by atoms with E-state index in [1.165, 1.54) is 37.0 Å². The molecule has 0 bridgehead atoms. The smallest absolute Gasteiger partial charge is 0.185 e. The highest BCUT2D eigenvalue weighted by atomic mass is 35.5. The summed E-state index contributed by atoms with van der Waals surface area (Å²) in [5.41, 5.74) is 0. The Labute approximate surface area is 91.7 Å². The third-order valence-corrected chi connectivity index (χ3v) is 3.65. The highest BCUT2D eigenvalue weighted by Crippen LogP contribution is 2.29. The van der Waals surface area contributed by atoms with Gasteiger partial charge >= 0.3 is 0 Å². The van der Waals surface area contributed by atoms with Crippen molar-refractivity contribution < 1.29 is 0 Å². The van der Waals surface area contributed by atoms with Crippen LogP contribution in [0.4, 0.5) is 5.13 Å². The maximum Gasteiger partial charge on any atom is 0.185 e. The van der Waals surface area contributed by atoms with E-state index < -0.39 is 0 Å². The molecule has 14 heavy (non-hydrogen) atoms. The molecule has 0 aliphatic heterocycles. The number of anilines is 1. The molecule has 1 fully saturated rings. The molecule has 0 amide bonds. The van der Waals surface area contributed by atoms with E-state index in [1.807, 2.05) is 6.07 Å². The lowest BCUT2D eigenvalue weighted by molar-refractivity contribution is 0.754. The second-order valence-corrected chi connectivity index (χ2v) is 4.73. The first kappa shape index (κ1) is 9.75. The topological polar surface area (TPSA) is 48.7 Å². The number of nitrogens with one attached hydrogen (secondary N) is 1. The summed E-state index contributed by atoms with van der Waals surface area (Å²) in [5, 5.41) is 13.1. The standard InChI is InChI=1S/C9H10ClN3S/c10-8-7(5-11)14-9(13-8)12-6-3-1-2-4-6/h6H,1-4H2,(H,12,13). The Kier molecular flexibility index (Phi) is 2.90. The third-order valence-electron chi connectivity index (χ3n) is 2.37. The molecule has 1 N–H and O–H groups in total. The number of aromatic nitrogens is 1. The molecule has 0 spiro atoms. The van der Waals surface area contributed by atoms with Crippen LogP contribution in [0.25, 0.3) is 0 Å². The van der Waals surface area contributed by atoms with Gasteiger partial charge in [0.25, 0.3) is 0 Å². The lowest BCUT2D eigenvalue weighted by Gasteiger charge is -2.08. The van der Waals surface area contributed by atoms with Crippen LogP contribution in [-0.4, -0.2) is 11.0 Å². The quantitative estimate of drug-likeness (QED) is 0.845. The van der Waals surface area contributed by atoms with Gasteiger partial charge in [0.05, 0.1) is 0 Å². The predicted octanol–water partition coefficient (Wildman–Crippen LogP) is 3.02. The van der Waals surface area contributed by atoms with Crippen LogP contribution in [0, 0.1) is 11.3 Å². The van der Waals surface area contributed by atoms with Crippen molar-refractivity contribution >= 4 is 28.1 Å². The minimum Gasteiger partial charge on any atom is -0.359 e. The fourth-order valence-corrected chi connectivity index (χ4v) is 2.70. The molecule has 3 nitrogen and oxygen atoms in total. The minimum absolute atomic E-state index is 0.318. The first-order chi connectivity index (χ1) is 6.79. The SMILES string of the molecule is N#Cc1sc(NC2CCCC2)nc1Cl. The Morgan fingerprint density at radius 2 is 2.21 bits per heavy atom. The van der Waals surface area contributed by atoms with Crippen LogP contribution in [0.1, 0.15) is 30.6 Å². The lowest BCUT2D eigenvalue weighted by atomic mass is 10.3. The Morgan fingerprint density at radius 1 is 1.50 bits per heavy atom. The highest BCUT2D eigenvalue weighted by molar-refractivity contribution is 7.16. The number of hydrogen-bond donors (Lipinski definition) is 1. The Hall–Kier alpha value is -0.790. The van der Waals surface area contributed by atoms with Crippen LogP contribution in [0.3, 0.4) is 0 Å².